The van der Waals surface area contributed by atoms with E-state index in [-0.39, 0.29) is 24.0 Å². The zero-order valence-electron chi connectivity index (χ0n) is 14.5. The maximum Gasteiger partial charge on any atom is 0.229 e. The summed E-state index contributed by atoms with van der Waals surface area (Å²) in [5.41, 5.74) is 2.32. The number of nitrogens with zero attached hydrogens (tertiary/aromatic N) is 1. The number of nitrogens with one attached hydrogen (secondary N) is 3. The first-order chi connectivity index (χ1) is 11.9. The summed E-state index contributed by atoms with van der Waals surface area (Å²) >= 11 is 6.14. The Morgan fingerprint density at radius 2 is 1.54 bits per heavy atom. The fraction of sp³-hybridized carbons (Fsp3) is 0.235. The molecule has 6 nitrogen and oxygen atoms in total. The summed E-state index contributed by atoms with van der Waals surface area (Å²) in [5, 5.41) is 7.03. The second kappa shape index (κ2) is 10.6. The summed E-state index contributed by atoms with van der Waals surface area (Å²) in [6.07, 6.45) is 1.13. The molecule has 0 spiro atoms. The Hall–Kier alpha value is -1.52. The fourth-order valence-electron chi connectivity index (χ4n) is 2.19. The molecule has 0 atom stereocenters. The predicted molar refractivity (Wildman–Crippen MR) is 119 cm³/mol. The molecule has 0 unspecified atom stereocenters. The number of anilines is 1. The number of aliphatic imine (C=N–C) groups is 1. The number of guanidine groups is 1. The lowest BCUT2D eigenvalue weighted by Crippen LogP contribution is -2.36. The van der Waals surface area contributed by atoms with Gasteiger partial charge in [0, 0.05) is 25.2 Å². The number of hydrogen-bond donors (Lipinski definition) is 3. The second-order valence-electron chi connectivity index (χ2n) is 5.40. The van der Waals surface area contributed by atoms with E-state index in [1.54, 1.807) is 19.2 Å². The molecule has 0 fully saturated rings. The maximum atomic E-state index is 11.5. The molecule has 2 rings (SSSR count). The molecule has 0 heterocycles. The van der Waals surface area contributed by atoms with E-state index in [1.165, 1.54) is 0 Å². The van der Waals surface area contributed by atoms with Crippen LogP contribution >= 0.6 is 35.6 Å². The molecule has 0 radical (unpaired) electrons. The van der Waals surface area contributed by atoms with Crippen LogP contribution in [0.5, 0.6) is 0 Å². The largest absolute Gasteiger partial charge is 0.352 e. The van der Waals surface area contributed by atoms with Crippen molar-refractivity contribution in [2.24, 2.45) is 4.99 Å². The Labute approximate surface area is 176 Å². The van der Waals surface area contributed by atoms with Crippen molar-refractivity contribution in [1.29, 1.82) is 0 Å². The maximum absolute atomic E-state index is 11.5. The number of para-hydroxylation sites is 1. The molecule has 26 heavy (non-hydrogen) atoms. The molecule has 3 N–H and O–H groups in total. The van der Waals surface area contributed by atoms with Crippen LogP contribution in [0.4, 0.5) is 5.69 Å². The average Bonchev–Trinajstić information content (AvgIpc) is 2.56. The van der Waals surface area contributed by atoms with E-state index in [4.69, 9.17) is 11.6 Å². The van der Waals surface area contributed by atoms with Crippen molar-refractivity contribution in [2.45, 2.75) is 13.1 Å². The van der Waals surface area contributed by atoms with Gasteiger partial charge < -0.3 is 10.6 Å². The van der Waals surface area contributed by atoms with Crippen molar-refractivity contribution in [3.05, 3.63) is 64.7 Å². The Morgan fingerprint density at radius 3 is 2.12 bits per heavy atom. The second-order valence-corrected chi connectivity index (χ2v) is 7.56. The molecule has 0 aliphatic carbocycles. The van der Waals surface area contributed by atoms with E-state index in [9.17, 15) is 8.42 Å². The van der Waals surface area contributed by atoms with Gasteiger partial charge >= 0.3 is 0 Å². The first kappa shape index (κ1) is 22.5. The lowest BCUT2D eigenvalue weighted by atomic mass is 10.2. The Bertz CT molecular complexity index is 859. The highest BCUT2D eigenvalue weighted by atomic mass is 127. The van der Waals surface area contributed by atoms with Crippen molar-refractivity contribution in [2.75, 3.05) is 18.0 Å². The van der Waals surface area contributed by atoms with Gasteiger partial charge in [0.1, 0.15) is 0 Å². The Morgan fingerprint density at radius 1 is 1.00 bits per heavy atom. The highest BCUT2D eigenvalue weighted by molar-refractivity contribution is 14.0. The third-order valence-corrected chi connectivity index (χ3v) is 4.35. The van der Waals surface area contributed by atoms with E-state index < -0.39 is 10.0 Å². The van der Waals surface area contributed by atoms with Crippen LogP contribution in [-0.4, -0.2) is 27.7 Å². The third kappa shape index (κ3) is 7.38. The summed E-state index contributed by atoms with van der Waals surface area (Å²) in [6, 6.07) is 14.8. The lowest BCUT2D eigenvalue weighted by molar-refractivity contribution is 0.606. The smallest absolute Gasteiger partial charge is 0.229 e. The van der Waals surface area contributed by atoms with Crippen LogP contribution in [0.25, 0.3) is 0 Å². The molecule has 9 heteroatoms. The van der Waals surface area contributed by atoms with Crippen molar-refractivity contribution in [1.82, 2.24) is 10.6 Å². The molecule has 2 aromatic carbocycles. The number of rotatable bonds is 6. The van der Waals surface area contributed by atoms with Gasteiger partial charge in [0.05, 0.1) is 11.9 Å². The molecule has 0 aliphatic heterocycles. The zero-order chi connectivity index (χ0) is 18.3. The normalized spacial score (nSPS) is 11.4. The van der Waals surface area contributed by atoms with Gasteiger partial charge in [0.2, 0.25) is 10.0 Å². The molecular formula is C17H22ClIN4O2S. The fourth-order valence-corrected chi connectivity index (χ4v) is 3.00. The standard InChI is InChI=1S/C17H21ClN4O2S.HI/c1-19-17(20-11-13-7-3-5-9-15(13)18)21-12-14-8-4-6-10-16(14)22-25(2,23)24;/h3-10,22H,11-12H2,1-2H3,(H2,19,20,21);1H. The van der Waals surface area contributed by atoms with Crippen LogP contribution < -0.4 is 15.4 Å². The minimum absolute atomic E-state index is 0. The summed E-state index contributed by atoms with van der Waals surface area (Å²) in [6.45, 7) is 0.948. The molecule has 0 amide bonds. The van der Waals surface area contributed by atoms with Gasteiger partial charge in [-0.15, -0.1) is 24.0 Å². The van der Waals surface area contributed by atoms with Crippen LogP contribution in [0.1, 0.15) is 11.1 Å². The van der Waals surface area contributed by atoms with Gasteiger partial charge in [-0.2, -0.15) is 0 Å². The minimum atomic E-state index is -3.33. The number of sulfonamides is 1. The molecule has 142 valence electrons. The van der Waals surface area contributed by atoms with E-state index in [1.807, 2.05) is 36.4 Å². The SMILES string of the molecule is CN=C(NCc1ccccc1Cl)NCc1ccccc1NS(C)(=O)=O.I. The molecule has 0 aliphatic rings. The van der Waals surface area contributed by atoms with Crippen LogP contribution in [0.15, 0.2) is 53.5 Å². The van der Waals surface area contributed by atoms with E-state index in [2.05, 4.69) is 20.3 Å². The van der Waals surface area contributed by atoms with E-state index in [0.29, 0.717) is 29.8 Å². The van der Waals surface area contributed by atoms with Gasteiger partial charge in [-0.05, 0) is 23.3 Å². The van der Waals surface area contributed by atoms with Crippen molar-refractivity contribution in [3.63, 3.8) is 0 Å². The summed E-state index contributed by atoms with van der Waals surface area (Å²) in [4.78, 5) is 4.16. The Balaban J connectivity index is 0.00000338. The molecule has 0 bridgehead atoms. The van der Waals surface area contributed by atoms with Crippen LogP contribution in [0.2, 0.25) is 5.02 Å². The zero-order valence-corrected chi connectivity index (χ0v) is 18.4. The van der Waals surface area contributed by atoms with Gasteiger partial charge in [-0.1, -0.05) is 48.0 Å². The van der Waals surface area contributed by atoms with Crippen LogP contribution in [-0.2, 0) is 23.1 Å². The molecule has 0 saturated heterocycles. The summed E-state index contributed by atoms with van der Waals surface area (Å²) < 4.78 is 25.4. The Kier molecular flexibility index (Phi) is 9.17. The van der Waals surface area contributed by atoms with Crippen LogP contribution in [0.3, 0.4) is 0 Å². The third-order valence-electron chi connectivity index (χ3n) is 3.39. The van der Waals surface area contributed by atoms with Crippen molar-refractivity contribution < 1.29 is 8.42 Å². The van der Waals surface area contributed by atoms with E-state index in [0.717, 1.165) is 17.4 Å². The van der Waals surface area contributed by atoms with Crippen LogP contribution in [0, 0.1) is 0 Å². The topological polar surface area (TPSA) is 82.6 Å². The molecule has 0 aromatic heterocycles. The van der Waals surface area contributed by atoms with Gasteiger partial charge in [0.25, 0.3) is 0 Å². The van der Waals surface area contributed by atoms with Crippen molar-refractivity contribution >= 4 is 57.2 Å². The molecular weight excluding hydrogens is 487 g/mol. The minimum Gasteiger partial charge on any atom is -0.352 e. The molecule has 0 saturated carbocycles. The lowest BCUT2D eigenvalue weighted by Gasteiger charge is -2.15. The number of halogens is 2. The quantitative estimate of drug-likeness (QED) is 0.318. The number of benzene rings is 2. The molecule has 2 aromatic rings. The van der Waals surface area contributed by atoms with Gasteiger partial charge in [-0.3, -0.25) is 9.71 Å². The van der Waals surface area contributed by atoms with E-state index >= 15 is 0 Å². The highest BCUT2D eigenvalue weighted by Crippen LogP contribution is 2.16. The monoisotopic (exact) mass is 508 g/mol. The average molecular weight is 509 g/mol. The van der Waals surface area contributed by atoms with Gasteiger partial charge in [0.15, 0.2) is 5.96 Å². The number of hydrogen-bond acceptors (Lipinski definition) is 3. The highest BCUT2D eigenvalue weighted by Gasteiger charge is 2.08. The van der Waals surface area contributed by atoms with Gasteiger partial charge in [-0.25, -0.2) is 8.42 Å². The summed E-state index contributed by atoms with van der Waals surface area (Å²) in [5.74, 6) is 0.592. The van der Waals surface area contributed by atoms with Crippen molar-refractivity contribution in [3.8, 4) is 0 Å². The first-order valence-corrected chi connectivity index (χ1v) is 9.89. The predicted octanol–water partition coefficient (Wildman–Crippen LogP) is 3.19. The summed E-state index contributed by atoms with van der Waals surface area (Å²) in [7, 11) is -1.66. The first-order valence-electron chi connectivity index (χ1n) is 7.62.